The van der Waals surface area contributed by atoms with Crippen molar-refractivity contribution in [2.24, 2.45) is 0 Å². The summed E-state index contributed by atoms with van der Waals surface area (Å²) in [6.07, 6.45) is 0. The van der Waals surface area contributed by atoms with E-state index >= 15 is 0 Å². The zero-order chi connectivity index (χ0) is 10.6. The van der Waals surface area contributed by atoms with Crippen LogP contribution < -0.4 is 4.74 Å². The van der Waals surface area contributed by atoms with Crippen LogP contribution in [0.2, 0.25) is 0 Å². The number of allylic oxidation sites excluding steroid dienone is 1. The second kappa shape index (κ2) is 4.85. The van der Waals surface area contributed by atoms with Gasteiger partial charge in [0.2, 0.25) is 0 Å². The minimum atomic E-state index is 0.686. The second-order valence-corrected chi connectivity index (χ2v) is 3.88. The fourth-order valence-corrected chi connectivity index (χ4v) is 0.970. The summed E-state index contributed by atoms with van der Waals surface area (Å²) in [6, 6.07) is 8.14. The lowest BCUT2D eigenvalue weighted by Gasteiger charge is -2.07. The molecule has 0 radical (unpaired) electrons. The first-order valence-electron chi connectivity index (χ1n) is 4.92. The third-order valence-electron chi connectivity index (χ3n) is 2.33. The van der Waals surface area contributed by atoms with E-state index in [1.165, 1.54) is 16.7 Å². The fourth-order valence-electron chi connectivity index (χ4n) is 0.970. The molecule has 0 heterocycles. The first-order chi connectivity index (χ1) is 6.59. The summed E-state index contributed by atoms with van der Waals surface area (Å²) in [5.74, 6) is 0.941. The van der Waals surface area contributed by atoms with Crippen molar-refractivity contribution in [3.63, 3.8) is 0 Å². The summed E-state index contributed by atoms with van der Waals surface area (Å²) in [4.78, 5) is 0. The standard InChI is InChI=1S/C13H18O/c1-10(2)12(4)9-14-13-7-5-11(3)6-8-13/h5-8H,9H2,1-4H3. The lowest BCUT2D eigenvalue weighted by atomic mass is 10.2. The number of hydrogen-bond donors (Lipinski definition) is 0. The number of hydrogen-bond acceptors (Lipinski definition) is 1. The second-order valence-electron chi connectivity index (χ2n) is 3.88. The van der Waals surface area contributed by atoms with Crippen LogP contribution in [0.15, 0.2) is 35.4 Å². The largest absolute Gasteiger partial charge is 0.489 e. The molecule has 0 aliphatic heterocycles. The van der Waals surface area contributed by atoms with Gasteiger partial charge in [-0.2, -0.15) is 0 Å². The van der Waals surface area contributed by atoms with Gasteiger partial charge in [0.1, 0.15) is 12.4 Å². The van der Waals surface area contributed by atoms with E-state index in [1.54, 1.807) is 0 Å². The Labute approximate surface area is 86.4 Å². The number of ether oxygens (including phenoxy) is 1. The van der Waals surface area contributed by atoms with Crippen LogP contribution in [0.4, 0.5) is 0 Å². The molecule has 76 valence electrons. The Kier molecular flexibility index (Phi) is 3.75. The minimum absolute atomic E-state index is 0.686. The van der Waals surface area contributed by atoms with Gasteiger partial charge >= 0.3 is 0 Å². The molecule has 1 rings (SSSR count). The highest BCUT2D eigenvalue weighted by Gasteiger charge is 1.95. The predicted octanol–water partition coefficient (Wildman–Crippen LogP) is 3.73. The lowest BCUT2D eigenvalue weighted by molar-refractivity contribution is 0.351. The maximum absolute atomic E-state index is 5.63. The van der Waals surface area contributed by atoms with Crippen LogP contribution in [0.25, 0.3) is 0 Å². The van der Waals surface area contributed by atoms with Crippen molar-refractivity contribution in [2.75, 3.05) is 6.61 Å². The summed E-state index contributed by atoms with van der Waals surface area (Å²) in [5, 5.41) is 0. The molecule has 0 aliphatic rings. The molecule has 0 amide bonds. The SMILES string of the molecule is CC(C)=C(C)COc1ccc(C)cc1. The molecule has 0 atom stereocenters. The predicted molar refractivity (Wildman–Crippen MR) is 60.7 cm³/mol. The first kappa shape index (κ1) is 10.8. The molecule has 0 saturated carbocycles. The van der Waals surface area contributed by atoms with Gasteiger partial charge in [0.25, 0.3) is 0 Å². The maximum Gasteiger partial charge on any atom is 0.119 e. The van der Waals surface area contributed by atoms with Crippen molar-refractivity contribution < 1.29 is 4.74 Å². The van der Waals surface area contributed by atoms with E-state index in [4.69, 9.17) is 4.74 Å². The Balaban J connectivity index is 2.54. The summed E-state index contributed by atoms with van der Waals surface area (Å²) in [5.41, 5.74) is 3.89. The maximum atomic E-state index is 5.63. The summed E-state index contributed by atoms with van der Waals surface area (Å²) < 4.78 is 5.63. The first-order valence-corrected chi connectivity index (χ1v) is 4.92. The van der Waals surface area contributed by atoms with E-state index in [0.29, 0.717) is 6.61 Å². The Hall–Kier alpha value is -1.24. The molecule has 0 bridgehead atoms. The van der Waals surface area contributed by atoms with Crippen molar-refractivity contribution >= 4 is 0 Å². The van der Waals surface area contributed by atoms with Gasteiger partial charge in [0.15, 0.2) is 0 Å². The lowest BCUT2D eigenvalue weighted by Crippen LogP contribution is -1.99. The molecule has 0 spiro atoms. The van der Waals surface area contributed by atoms with E-state index in [2.05, 4.69) is 39.8 Å². The average molecular weight is 190 g/mol. The highest BCUT2D eigenvalue weighted by atomic mass is 16.5. The summed E-state index contributed by atoms with van der Waals surface area (Å²) >= 11 is 0. The highest BCUT2D eigenvalue weighted by molar-refractivity contribution is 5.26. The molecular formula is C13H18O. The van der Waals surface area contributed by atoms with Gasteiger partial charge in [0.05, 0.1) is 0 Å². The van der Waals surface area contributed by atoms with Crippen LogP contribution in [0.5, 0.6) is 5.75 Å². The van der Waals surface area contributed by atoms with Crippen LogP contribution in [0.1, 0.15) is 26.3 Å². The Morgan fingerprint density at radius 3 is 2.14 bits per heavy atom. The van der Waals surface area contributed by atoms with Crippen molar-refractivity contribution in [3.05, 3.63) is 41.0 Å². The molecule has 14 heavy (non-hydrogen) atoms. The van der Waals surface area contributed by atoms with Crippen LogP contribution in [0, 0.1) is 6.92 Å². The van der Waals surface area contributed by atoms with E-state index in [9.17, 15) is 0 Å². The number of benzene rings is 1. The molecule has 0 fully saturated rings. The van der Waals surface area contributed by atoms with E-state index in [-0.39, 0.29) is 0 Å². The number of aryl methyl sites for hydroxylation is 1. The van der Waals surface area contributed by atoms with Gasteiger partial charge in [-0.3, -0.25) is 0 Å². The summed E-state index contributed by atoms with van der Waals surface area (Å²) in [7, 11) is 0. The Morgan fingerprint density at radius 1 is 1.07 bits per heavy atom. The molecule has 1 nitrogen and oxygen atoms in total. The van der Waals surface area contributed by atoms with Gasteiger partial charge in [0, 0.05) is 0 Å². The molecule has 0 saturated heterocycles. The van der Waals surface area contributed by atoms with Gasteiger partial charge in [-0.25, -0.2) is 0 Å². The molecule has 0 aromatic heterocycles. The van der Waals surface area contributed by atoms with Gasteiger partial charge in [-0.1, -0.05) is 23.3 Å². The molecule has 1 aromatic carbocycles. The van der Waals surface area contributed by atoms with E-state index in [0.717, 1.165) is 5.75 Å². The molecular weight excluding hydrogens is 172 g/mol. The van der Waals surface area contributed by atoms with E-state index < -0.39 is 0 Å². The third-order valence-corrected chi connectivity index (χ3v) is 2.33. The zero-order valence-corrected chi connectivity index (χ0v) is 9.42. The minimum Gasteiger partial charge on any atom is -0.489 e. The molecule has 0 N–H and O–H groups in total. The van der Waals surface area contributed by atoms with Gasteiger partial charge in [-0.15, -0.1) is 0 Å². The molecule has 0 unspecified atom stereocenters. The van der Waals surface area contributed by atoms with Crippen LogP contribution in [-0.2, 0) is 0 Å². The van der Waals surface area contributed by atoms with Crippen LogP contribution >= 0.6 is 0 Å². The van der Waals surface area contributed by atoms with Crippen molar-refractivity contribution in [1.82, 2.24) is 0 Å². The van der Waals surface area contributed by atoms with Crippen LogP contribution in [0.3, 0.4) is 0 Å². The van der Waals surface area contributed by atoms with E-state index in [1.807, 2.05) is 12.1 Å². The Morgan fingerprint density at radius 2 is 1.64 bits per heavy atom. The fraction of sp³-hybridized carbons (Fsp3) is 0.385. The monoisotopic (exact) mass is 190 g/mol. The quantitative estimate of drug-likeness (QED) is 0.660. The molecule has 1 heteroatoms. The smallest absolute Gasteiger partial charge is 0.119 e. The van der Waals surface area contributed by atoms with Crippen molar-refractivity contribution in [2.45, 2.75) is 27.7 Å². The van der Waals surface area contributed by atoms with Crippen LogP contribution in [-0.4, -0.2) is 6.61 Å². The summed E-state index contributed by atoms with van der Waals surface area (Å²) in [6.45, 7) is 9.07. The van der Waals surface area contributed by atoms with Crippen molar-refractivity contribution in [1.29, 1.82) is 0 Å². The van der Waals surface area contributed by atoms with Crippen molar-refractivity contribution in [3.8, 4) is 5.75 Å². The van der Waals surface area contributed by atoms with Gasteiger partial charge < -0.3 is 4.74 Å². The molecule has 1 aromatic rings. The normalized spacial score (nSPS) is 9.71. The topological polar surface area (TPSA) is 9.23 Å². The third kappa shape index (κ3) is 3.25. The highest BCUT2D eigenvalue weighted by Crippen LogP contribution is 2.13. The number of rotatable bonds is 3. The zero-order valence-electron chi connectivity index (χ0n) is 9.42. The van der Waals surface area contributed by atoms with Gasteiger partial charge in [-0.05, 0) is 45.4 Å². The molecule has 0 aliphatic carbocycles. The average Bonchev–Trinajstić information content (AvgIpc) is 2.16. The Bertz CT molecular complexity index is 316.